The van der Waals surface area contributed by atoms with Crippen molar-refractivity contribution in [3.63, 3.8) is 0 Å². The van der Waals surface area contributed by atoms with E-state index in [1.807, 2.05) is 0 Å². The molecule has 0 spiro atoms. The highest BCUT2D eigenvalue weighted by Crippen LogP contribution is 2.01. The van der Waals surface area contributed by atoms with E-state index in [1.165, 1.54) is 14.0 Å². The van der Waals surface area contributed by atoms with E-state index in [4.69, 9.17) is 10.8 Å². The average molecular weight is 170 g/mol. The highest BCUT2D eigenvalue weighted by atomic mass is 35.5. The van der Waals surface area contributed by atoms with Crippen molar-refractivity contribution in [2.45, 2.75) is 12.5 Å². The predicted molar refractivity (Wildman–Crippen MR) is 38.9 cm³/mol. The van der Waals surface area contributed by atoms with Crippen molar-refractivity contribution in [3.05, 3.63) is 0 Å². The fourth-order valence-electron chi connectivity index (χ4n) is 0.303. The van der Waals surface area contributed by atoms with Crippen LogP contribution in [-0.2, 0) is 9.53 Å². The molecule has 10 heavy (non-hydrogen) atoms. The van der Waals surface area contributed by atoms with Crippen molar-refractivity contribution in [1.82, 2.24) is 0 Å². The maximum Gasteiger partial charge on any atom is 0.338 e. The molecule has 0 aliphatic carbocycles. The van der Waals surface area contributed by atoms with Crippen molar-refractivity contribution < 1.29 is 14.6 Å². The third kappa shape index (κ3) is 3.00. The van der Waals surface area contributed by atoms with Gasteiger partial charge in [-0.2, -0.15) is 0 Å². The zero-order valence-electron chi connectivity index (χ0n) is 5.96. The molecule has 0 amide bonds. The summed E-state index contributed by atoms with van der Waals surface area (Å²) in [6.45, 7) is 1.18. The maximum atomic E-state index is 10.5. The Morgan fingerprint density at radius 2 is 2.20 bits per heavy atom. The van der Waals surface area contributed by atoms with Gasteiger partial charge in [0.25, 0.3) is 0 Å². The minimum Gasteiger partial charge on any atom is -0.467 e. The molecule has 0 unspecified atom stereocenters. The molecule has 0 fully saturated rings. The van der Waals surface area contributed by atoms with E-state index < -0.39 is 11.6 Å². The molecule has 0 saturated carbocycles. The summed E-state index contributed by atoms with van der Waals surface area (Å²) in [7, 11) is 1.20. The lowest BCUT2D eigenvalue weighted by Gasteiger charge is -2.16. The smallest absolute Gasteiger partial charge is 0.338 e. The largest absolute Gasteiger partial charge is 0.467 e. The zero-order valence-corrected chi connectivity index (χ0v) is 6.77. The first-order valence-corrected chi connectivity index (χ1v) is 2.55. The van der Waals surface area contributed by atoms with Crippen LogP contribution >= 0.6 is 12.4 Å². The number of halogens is 1. The molecule has 0 aliphatic heterocycles. The van der Waals surface area contributed by atoms with Gasteiger partial charge < -0.3 is 15.6 Å². The molecule has 62 valence electrons. The number of esters is 1. The van der Waals surface area contributed by atoms with E-state index in [2.05, 4.69) is 4.74 Å². The number of rotatable bonds is 2. The van der Waals surface area contributed by atoms with Crippen molar-refractivity contribution in [3.8, 4) is 0 Å². The lowest BCUT2D eigenvalue weighted by molar-refractivity contribution is -0.159. The second-order valence-electron chi connectivity index (χ2n) is 1.97. The lowest BCUT2D eigenvalue weighted by atomic mass is 10.1. The van der Waals surface area contributed by atoms with Crippen molar-refractivity contribution in [2.75, 3.05) is 13.7 Å². The van der Waals surface area contributed by atoms with Gasteiger partial charge in [0.1, 0.15) is 0 Å². The fraction of sp³-hybridized carbons (Fsp3) is 0.800. The molecule has 4 nitrogen and oxygen atoms in total. The Bertz CT molecular complexity index is 115. The monoisotopic (exact) mass is 169 g/mol. The molecule has 0 heterocycles. The maximum absolute atomic E-state index is 10.5. The van der Waals surface area contributed by atoms with Gasteiger partial charge in [0.15, 0.2) is 5.60 Å². The summed E-state index contributed by atoms with van der Waals surface area (Å²) in [6.07, 6.45) is 0. The van der Waals surface area contributed by atoms with Gasteiger partial charge in [-0.15, -0.1) is 12.4 Å². The second kappa shape index (κ2) is 4.49. The molecule has 0 rings (SSSR count). The Balaban J connectivity index is 0. The Labute approximate surface area is 65.8 Å². The summed E-state index contributed by atoms with van der Waals surface area (Å²) in [6, 6.07) is 0. The average Bonchev–Trinajstić information content (AvgIpc) is 1.86. The van der Waals surface area contributed by atoms with Crippen LogP contribution in [0.2, 0.25) is 0 Å². The van der Waals surface area contributed by atoms with E-state index in [0.717, 1.165) is 0 Å². The first-order valence-electron chi connectivity index (χ1n) is 2.55. The minimum atomic E-state index is -1.53. The molecule has 5 heteroatoms. The van der Waals surface area contributed by atoms with Gasteiger partial charge in [-0.3, -0.25) is 0 Å². The van der Waals surface area contributed by atoms with Crippen molar-refractivity contribution >= 4 is 18.4 Å². The minimum absolute atomic E-state index is 0. The number of hydrogen-bond acceptors (Lipinski definition) is 4. The molecule has 0 aromatic heterocycles. The van der Waals surface area contributed by atoms with Crippen LogP contribution in [0.25, 0.3) is 0 Å². The Hall–Kier alpha value is -0.320. The Morgan fingerprint density at radius 3 is 2.30 bits per heavy atom. The molecule has 3 N–H and O–H groups in total. The molecular weight excluding hydrogens is 158 g/mol. The number of hydrogen-bond donors (Lipinski definition) is 2. The lowest BCUT2D eigenvalue weighted by Crippen LogP contribution is -2.43. The van der Waals surface area contributed by atoms with Crippen molar-refractivity contribution in [2.24, 2.45) is 5.73 Å². The van der Waals surface area contributed by atoms with E-state index in [0.29, 0.717) is 0 Å². The predicted octanol–water partition coefficient (Wildman–Crippen LogP) is -0.709. The topological polar surface area (TPSA) is 72.5 Å². The van der Waals surface area contributed by atoms with Gasteiger partial charge in [-0.25, -0.2) is 4.79 Å². The normalized spacial score (nSPS) is 14.8. The van der Waals surface area contributed by atoms with Crippen LogP contribution in [0.1, 0.15) is 6.92 Å². The van der Waals surface area contributed by atoms with Gasteiger partial charge in [0, 0.05) is 6.54 Å². The quantitative estimate of drug-likeness (QED) is 0.536. The molecule has 0 aromatic rings. The number of nitrogens with two attached hydrogens (primary N) is 1. The Kier molecular flexibility index (Phi) is 5.55. The van der Waals surface area contributed by atoms with Crippen LogP contribution in [0.4, 0.5) is 0 Å². The van der Waals surface area contributed by atoms with Crippen LogP contribution in [0.5, 0.6) is 0 Å². The molecular formula is C5H12ClNO3. The SMILES string of the molecule is COC(=O)[C@@](C)(O)CN.Cl. The summed E-state index contributed by atoms with van der Waals surface area (Å²) in [5.41, 5.74) is 3.50. The zero-order chi connectivity index (χ0) is 7.49. The van der Waals surface area contributed by atoms with E-state index in [-0.39, 0.29) is 19.0 Å². The molecule has 1 atom stereocenters. The summed E-state index contributed by atoms with van der Waals surface area (Å²) in [5, 5.41) is 8.99. The standard InChI is InChI=1S/C5H11NO3.ClH/c1-5(8,3-6)4(7)9-2;/h8H,3,6H2,1-2H3;1H/t5-;/m0./s1. The molecule has 0 aromatic carbocycles. The van der Waals surface area contributed by atoms with Crippen LogP contribution in [0.3, 0.4) is 0 Å². The van der Waals surface area contributed by atoms with Crippen molar-refractivity contribution in [1.29, 1.82) is 0 Å². The first-order chi connectivity index (χ1) is 4.04. The van der Waals surface area contributed by atoms with Crippen LogP contribution in [-0.4, -0.2) is 30.3 Å². The second-order valence-corrected chi connectivity index (χ2v) is 1.97. The highest BCUT2D eigenvalue weighted by molar-refractivity contribution is 5.85. The third-order valence-corrected chi connectivity index (χ3v) is 1.02. The number of carbonyl (C=O) groups is 1. The fourth-order valence-corrected chi connectivity index (χ4v) is 0.303. The summed E-state index contributed by atoms with van der Waals surface area (Å²) >= 11 is 0. The van der Waals surface area contributed by atoms with Gasteiger partial charge in [0.2, 0.25) is 0 Å². The first kappa shape index (κ1) is 12.4. The Morgan fingerprint density at radius 1 is 1.80 bits per heavy atom. The molecule has 0 bridgehead atoms. The molecule has 0 saturated heterocycles. The number of ether oxygens (including phenoxy) is 1. The van der Waals surface area contributed by atoms with Gasteiger partial charge in [-0.1, -0.05) is 0 Å². The van der Waals surface area contributed by atoms with Crippen LogP contribution in [0, 0.1) is 0 Å². The molecule has 0 aliphatic rings. The summed E-state index contributed by atoms with van der Waals surface area (Å²) in [4.78, 5) is 10.5. The number of carbonyl (C=O) groups excluding carboxylic acids is 1. The van der Waals surface area contributed by atoms with Gasteiger partial charge in [-0.05, 0) is 6.92 Å². The van der Waals surface area contributed by atoms with Gasteiger partial charge >= 0.3 is 5.97 Å². The van der Waals surface area contributed by atoms with E-state index >= 15 is 0 Å². The number of methoxy groups -OCH3 is 1. The number of aliphatic hydroxyl groups is 1. The summed E-state index contributed by atoms with van der Waals surface area (Å²) in [5.74, 6) is -0.704. The van der Waals surface area contributed by atoms with Gasteiger partial charge in [0.05, 0.1) is 7.11 Å². The third-order valence-electron chi connectivity index (χ3n) is 1.02. The summed E-state index contributed by atoms with van der Waals surface area (Å²) < 4.78 is 4.24. The molecule has 0 radical (unpaired) electrons. The van der Waals surface area contributed by atoms with Crippen LogP contribution < -0.4 is 5.73 Å². The van der Waals surface area contributed by atoms with Crippen LogP contribution in [0.15, 0.2) is 0 Å². The van der Waals surface area contributed by atoms with E-state index in [9.17, 15) is 4.79 Å². The highest BCUT2D eigenvalue weighted by Gasteiger charge is 2.28. The van der Waals surface area contributed by atoms with E-state index in [1.54, 1.807) is 0 Å².